The van der Waals surface area contributed by atoms with E-state index in [1.54, 1.807) is 11.3 Å². The lowest BCUT2D eigenvalue weighted by molar-refractivity contribution is -0.154. The Balaban J connectivity index is 1.27. The SMILES string of the molecule is CCCOc1csc(C2CCC3C4CC=C5CC(OC(=O)CCC(=O)O)CCC5(C)C4CCC23C)n1. The van der Waals surface area contributed by atoms with E-state index in [2.05, 4.69) is 32.2 Å². The number of fused-ring (bicyclic) bond motifs is 5. The van der Waals surface area contributed by atoms with Gasteiger partial charge in [0.25, 0.3) is 0 Å². The Morgan fingerprint density at radius 2 is 1.97 bits per heavy atom. The van der Waals surface area contributed by atoms with E-state index in [1.165, 1.54) is 36.3 Å². The van der Waals surface area contributed by atoms with Gasteiger partial charge in [-0.3, -0.25) is 9.59 Å². The topological polar surface area (TPSA) is 85.7 Å². The van der Waals surface area contributed by atoms with Gasteiger partial charge >= 0.3 is 11.9 Å². The Kier molecular flexibility index (Phi) is 7.23. The third-order valence-corrected chi connectivity index (χ3v) is 11.1. The molecular weight excluding hydrogens is 474 g/mol. The number of carboxylic acid groups (broad SMARTS) is 1. The van der Waals surface area contributed by atoms with E-state index >= 15 is 0 Å². The van der Waals surface area contributed by atoms with Crippen molar-refractivity contribution in [2.45, 2.75) is 103 Å². The Bertz CT molecular complexity index is 1020. The molecule has 1 N–H and O–H groups in total. The van der Waals surface area contributed by atoms with Crippen LogP contribution in [-0.4, -0.2) is 34.7 Å². The van der Waals surface area contributed by atoms with Crippen molar-refractivity contribution in [3.05, 3.63) is 22.0 Å². The zero-order chi connectivity index (χ0) is 25.5. The number of esters is 1. The molecular formula is C29H41NO5S. The summed E-state index contributed by atoms with van der Waals surface area (Å²) in [4.78, 5) is 27.8. The zero-order valence-electron chi connectivity index (χ0n) is 22.0. The van der Waals surface area contributed by atoms with Crippen LogP contribution in [0.25, 0.3) is 0 Å². The number of ether oxygens (including phenoxy) is 2. The number of aromatic nitrogens is 1. The Labute approximate surface area is 218 Å². The molecule has 198 valence electrons. The van der Waals surface area contributed by atoms with Gasteiger partial charge in [0, 0.05) is 12.3 Å². The molecule has 1 heterocycles. The molecule has 0 aliphatic heterocycles. The highest BCUT2D eigenvalue weighted by Crippen LogP contribution is 2.68. The van der Waals surface area contributed by atoms with Crippen molar-refractivity contribution in [2.75, 3.05) is 6.61 Å². The van der Waals surface area contributed by atoms with Crippen LogP contribution >= 0.6 is 11.3 Å². The molecule has 7 heteroatoms. The molecule has 4 aliphatic rings. The molecule has 0 radical (unpaired) electrons. The van der Waals surface area contributed by atoms with Gasteiger partial charge in [-0.2, -0.15) is 0 Å². The maximum Gasteiger partial charge on any atom is 0.306 e. The maximum absolute atomic E-state index is 12.1. The molecule has 0 bridgehead atoms. The summed E-state index contributed by atoms with van der Waals surface area (Å²) in [5.74, 6) is 2.14. The molecule has 7 atom stereocenters. The van der Waals surface area contributed by atoms with E-state index < -0.39 is 5.97 Å². The molecule has 36 heavy (non-hydrogen) atoms. The molecule has 3 fully saturated rings. The van der Waals surface area contributed by atoms with Gasteiger partial charge in [-0.25, -0.2) is 4.98 Å². The molecule has 4 aliphatic carbocycles. The van der Waals surface area contributed by atoms with Gasteiger partial charge < -0.3 is 14.6 Å². The summed E-state index contributed by atoms with van der Waals surface area (Å²) < 4.78 is 11.5. The van der Waals surface area contributed by atoms with Crippen LogP contribution in [0.15, 0.2) is 17.0 Å². The van der Waals surface area contributed by atoms with Gasteiger partial charge in [-0.1, -0.05) is 32.4 Å². The lowest BCUT2D eigenvalue weighted by Crippen LogP contribution is -2.50. The minimum atomic E-state index is -0.956. The van der Waals surface area contributed by atoms with E-state index in [-0.39, 0.29) is 30.3 Å². The largest absolute Gasteiger partial charge is 0.481 e. The van der Waals surface area contributed by atoms with E-state index in [9.17, 15) is 9.59 Å². The second-order valence-corrected chi connectivity index (χ2v) is 12.9. The van der Waals surface area contributed by atoms with Gasteiger partial charge in [0.2, 0.25) is 5.88 Å². The maximum atomic E-state index is 12.1. The van der Waals surface area contributed by atoms with Crippen molar-refractivity contribution in [2.24, 2.45) is 28.6 Å². The summed E-state index contributed by atoms with van der Waals surface area (Å²) in [5.41, 5.74) is 1.97. The first-order chi connectivity index (χ1) is 17.2. The van der Waals surface area contributed by atoms with Crippen LogP contribution in [0.4, 0.5) is 0 Å². The summed E-state index contributed by atoms with van der Waals surface area (Å²) in [6.07, 6.45) is 12.1. The normalized spacial score (nSPS) is 37.3. The molecule has 3 saturated carbocycles. The summed E-state index contributed by atoms with van der Waals surface area (Å²) in [7, 11) is 0. The second kappa shape index (κ2) is 10.1. The van der Waals surface area contributed by atoms with Crippen molar-refractivity contribution in [3.8, 4) is 5.88 Å². The number of carboxylic acids is 1. The number of allylic oxidation sites excluding steroid dienone is 1. The molecule has 1 aromatic rings. The minimum absolute atomic E-state index is 0.0421. The zero-order valence-corrected chi connectivity index (χ0v) is 22.8. The van der Waals surface area contributed by atoms with Crippen molar-refractivity contribution < 1.29 is 24.2 Å². The Morgan fingerprint density at radius 3 is 2.75 bits per heavy atom. The number of hydrogen-bond acceptors (Lipinski definition) is 6. The van der Waals surface area contributed by atoms with Crippen LogP contribution in [0, 0.1) is 28.6 Å². The number of carbonyl (C=O) groups is 2. The van der Waals surface area contributed by atoms with Crippen molar-refractivity contribution >= 4 is 23.3 Å². The quantitative estimate of drug-likeness (QED) is 0.304. The minimum Gasteiger partial charge on any atom is -0.481 e. The van der Waals surface area contributed by atoms with Crippen LogP contribution in [0.3, 0.4) is 0 Å². The van der Waals surface area contributed by atoms with Crippen molar-refractivity contribution in [1.29, 1.82) is 0 Å². The molecule has 0 aromatic carbocycles. The number of hydrogen-bond donors (Lipinski definition) is 1. The van der Waals surface area contributed by atoms with Crippen molar-refractivity contribution in [1.82, 2.24) is 4.98 Å². The van der Waals surface area contributed by atoms with E-state index in [0.29, 0.717) is 23.2 Å². The summed E-state index contributed by atoms with van der Waals surface area (Å²) in [6, 6.07) is 0. The fraction of sp³-hybridized carbons (Fsp3) is 0.759. The van der Waals surface area contributed by atoms with Crippen LogP contribution < -0.4 is 4.74 Å². The summed E-state index contributed by atoms with van der Waals surface area (Å²) in [5, 5.41) is 12.2. The molecule has 0 amide bonds. The standard InChI is InChI=1S/C29H41NO5S/c1-4-15-34-24-17-36-27(30-24)23-8-7-21-20-6-5-18-16-19(35-26(33)10-9-25(31)32)11-13-28(18,2)22(20)12-14-29(21,23)3/h5,17,19-23H,4,6-16H2,1-3H3,(H,31,32). The van der Waals surface area contributed by atoms with Crippen molar-refractivity contribution in [3.63, 3.8) is 0 Å². The summed E-state index contributed by atoms with van der Waals surface area (Å²) >= 11 is 1.79. The molecule has 0 spiro atoms. The first-order valence-corrected chi connectivity index (χ1v) is 14.8. The first-order valence-electron chi connectivity index (χ1n) is 13.9. The van der Waals surface area contributed by atoms with Crippen LogP contribution in [-0.2, 0) is 14.3 Å². The summed E-state index contributed by atoms with van der Waals surface area (Å²) in [6.45, 7) is 7.85. The fourth-order valence-electron chi connectivity index (χ4n) is 8.29. The van der Waals surface area contributed by atoms with Crippen LogP contribution in [0.2, 0.25) is 0 Å². The first kappa shape index (κ1) is 25.7. The average Bonchev–Trinajstić information content (AvgIpc) is 3.45. The van der Waals surface area contributed by atoms with Crippen LogP contribution in [0.5, 0.6) is 5.88 Å². The monoisotopic (exact) mass is 515 g/mol. The van der Waals surface area contributed by atoms with Crippen LogP contribution in [0.1, 0.15) is 102 Å². The van der Waals surface area contributed by atoms with E-state index in [1.807, 2.05) is 0 Å². The Morgan fingerprint density at radius 1 is 1.14 bits per heavy atom. The van der Waals surface area contributed by atoms with E-state index in [0.717, 1.165) is 50.5 Å². The number of nitrogens with zero attached hydrogens (tertiary/aromatic N) is 1. The van der Waals surface area contributed by atoms with Gasteiger partial charge in [-0.15, -0.1) is 11.3 Å². The predicted octanol–water partition coefficient (Wildman–Crippen LogP) is 6.75. The highest BCUT2D eigenvalue weighted by Gasteiger charge is 2.59. The third-order valence-electron chi connectivity index (χ3n) is 10.2. The predicted molar refractivity (Wildman–Crippen MR) is 139 cm³/mol. The second-order valence-electron chi connectivity index (χ2n) is 12.1. The average molecular weight is 516 g/mol. The molecule has 7 unspecified atom stereocenters. The highest BCUT2D eigenvalue weighted by molar-refractivity contribution is 7.09. The van der Waals surface area contributed by atoms with Gasteiger partial charge in [0.1, 0.15) is 11.1 Å². The third kappa shape index (κ3) is 4.61. The smallest absolute Gasteiger partial charge is 0.306 e. The molecule has 0 saturated heterocycles. The fourth-order valence-corrected chi connectivity index (χ4v) is 9.33. The molecule has 1 aromatic heterocycles. The molecule has 6 nitrogen and oxygen atoms in total. The number of thiazole rings is 1. The van der Waals surface area contributed by atoms with Gasteiger partial charge in [0.15, 0.2) is 0 Å². The highest BCUT2D eigenvalue weighted by atomic mass is 32.1. The Hall–Kier alpha value is -1.89. The van der Waals surface area contributed by atoms with Gasteiger partial charge in [-0.05, 0) is 80.0 Å². The number of rotatable bonds is 8. The van der Waals surface area contributed by atoms with Gasteiger partial charge in [0.05, 0.1) is 24.8 Å². The lowest BCUT2D eigenvalue weighted by Gasteiger charge is -2.58. The number of aliphatic carboxylic acids is 1. The van der Waals surface area contributed by atoms with E-state index in [4.69, 9.17) is 19.6 Å². The number of carbonyl (C=O) groups excluding carboxylic acids is 1. The molecule has 5 rings (SSSR count). The lowest BCUT2D eigenvalue weighted by atomic mass is 9.47.